The van der Waals surface area contributed by atoms with Gasteiger partial charge in [-0.3, -0.25) is 0 Å². The molecule has 0 amide bonds. The first-order chi connectivity index (χ1) is 8.69. The van der Waals surface area contributed by atoms with Crippen LogP contribution in [0.2, 0.25) is 0 Å². The van der Waals surface area contributed by atoms with Crippen LogP contribution in [0.3, 0.4) is 0 Å². The molecule has 0 unspecified atom stereocenters. The predicted molar refractivity (Wildman–Crippen MR) is 69.2 cm³/mol. The van der Waals surface area contributed by atoms with Crippen molar-refractivity contribution in [2.24, 2.45) is 5.92 Å². The van der Waals surface area contributed by atoms with Crippen molar-refractivity contribution in [1.82, 2.24) is 9.55 Å². The quantitative estimate of drug-likeness (QED) is 0.594. The number of pyridine rings is 1. The van der Waals surface area contributed by atoms with Gasteiger partial charge in [0, 0.05) is 11.9 Å². The maximum absolute atomic E-state index is 11.8. The van der Waals surface area contributed by atoms with Crippen molar-refractivity contribution < 1.29 is 9.53 Å². The van der Waals surface area contributed by atoms with Gasteiger partial charge in [-0.1, -0.05) is 12.1 Å². The van der Waals surface area contributed by atoms with Crippen LogP contribution < -0.4 is 5.59 Å². The lowest BCUT2D eigenvalue weighted by atomic mass is 10.0. The molecule has 0 atom stereocenters. The molecular weight excluding hydrogens is 227 g/mol. The second-order valence-electron chi connectivity index (χ2n) is 4.72. The van der Waals surface area contributed by atoms with E-state index in [1.807, 2.05) is 16.7 Å². The zero-order valence-electron chi connectivity index (χ0n) is 10.2. The van der Waals surface area contributed by atoms with Crippen LogP contribution in [0.25, 0.3) is 11.0 Å². The van der Waals surface area contributed by atoms with Gasteiger partial charge in [-0.15, -0.1) is 0 Å². The number of fused-ring (bicyclic) bond motifs is 1. The van der Waals surface area contributed by atoms with Crippen LogP contribution in [0.4, 0.5) is 0 Å². The number of nitrogens with zero attached hydrogens (tertiary/aromatic N) is 2. The molecule has 90 valence electrons. The Morgan fingerprint density at radius 3 is 3.00 bits per heavy atom. The maximum atomic E-state index is 11.8. The van der Waals surface area contributed by atoms with Crippen LogP contribution in [0.5, 0.6) is 0 Å². The van der Waals surface area contributed by atoms with Gasteiger partial charge in [-0.2, -0.15) is 0 Å². The first kappa shape index (κ1) is 11.3. The molecule has 0 spiro atoms. The number of carbonyl (C=O) groups is 1. The van der Waals surface area contributed by atoms with E-state index in [1.54, 1.807) is 6.07 Å². The fourth-order valence-electron chi connectivity index (χ4n) is 2.16. The van der Waals surface area contributed by atoms with Crippen LogP contribution in [0.15, 0.2) is 18.2 Å². The van der Waals surface area contributed by atoms with Gasteiger partial charge in [0.15, 0.2) is 0 Å². The summed E-state index contributed by atoms with van der Waals surface area (Å²) in [6, 6.07) is 5.44. The summed E-state index contributed by atoms with van der Waals surface area (Å²) in [7, 11) is 7.11. The Balaban J connectivity index is 2.16. The van der Waals surface area contributed by atoms with Gasteiger partial charge in [0.1, 0.15) is 19.2 Å². The van der Waals surface area contributed by atoms with E-state index < -0.39 is 0 Å². The smallest absolute Gasteiger partial charge is 0.354 e. The monoisotopic (exact) mass is 240 g/mol. The lowest BCUT2D eigenvalue weighted by molar-refractivity contribution is 0.0588. The Kier molecular flexibility index (Phi) is 2.61. The molecule has 1 aliphatic carbocycles. The van der Waals surface area contributed by atoms with Gasteiger partial charge >= 0.3 is 5.97 Å². The summed E-state index contributed by atoms with van der Waals surface area (Å²) < 4.78 is 6.75. The molecule has 0 aliphatic heterocycles. The van der Waals surface area contributed by atoms with E-state index >= 15 is 0 Å². The van der Waals surface area contributed by atoms with E-state index in [0.29, 0.717) is 17.2 Å². The van der Waals surface area contributed by atoms with Crippen molar-refractivity contribution in [3.05, 3.63) is 23.9 Å². The van der Waals surface area contributed by atoms with Gasteiger partial charge < -0.3 is 9.30 Å². The topological polar surface area (TPSA) is 44.1 Å². The van der Waals surface area contributed by atoms with Crippen molar-refractivity contribution in [2.75, 3.05) is 7.11 Å². The first-order valence-electron chi connectivity index (χ1n) is 6.03. The molecule has 3 rings (SSSR count). The highest BCUT2D eigenvalue weighted by Gasteiger charge is 2.26. The van der Waals surface area contributed by atoms with E-state index in [1.165, 1.54) is 20.0 Å². The molecule has 1 saturated carbocycles. The van der Waals surface area contributed by atoms with Gasteiger partial charge in [0.25, 0.3) is 0 Å². The highest BCUT2D eigenvalue weighted by atomic mass is 16.5. The van der Waals surface area contributed by atoms with Crippen LogP contribution in [-0.4, -0.2) is 30.5 Å². The average Bonchev–Trinajstić information content (AvgIpc) is 3.11. The van der Waals surface area contributed by atoms with E-state index in [-0.39, 0.29) is 5.97 Å². The normalized spacial score (nSPS) is 14.9. The Bertz CT molecular complexity index is 617. The summed E-state index contributed by atoms with van der Waals surface area (Å²) in [5, 5.41) is 0.922. The highest BCUT2D eigenvalue weighted by molar-refractivity contribution is 6.31. The van der Waals surface area contributed by atoms with Crippen molar-refractivity contribution in [3.8, 4) is 0 Å². The fourth-order valence-corrected chi connectivity index (χ4v) is 2.16. The molecule has 1 fully saturated rings. The standard InChI is InChI=1S/C13H13BN2O2/c1-18-13(17)10-6-9-4-5-11(14)15-12(9)16(10)7-8-2-3-8/h4-6,8H,2-3,7H2,1H3. The van der Waals surface area contributed by atoms with Gasteiger partial charge in [0.05, 0.1) is 7.11 Å². The zero-order valence-corrected chi connectivity index (χ0v) is 10.2. The number of carbonyl (C=O) groups excluding carboxylic acids is 1. The van der Waals surface area contributed by atoms with Gasteiger partial charge in [-0.25, -0.2) is 9.78 Å². The van der Waals surface area contributed by atoms with Crippen LogP contribution in [0.1, 0.15) is 23.3 Å². The molecule has 2 radical (unpaired) electrons. The molecular formula is C13H13BN2O2. The number of aromatic nitrogens is 2. The van der Waals surface area contributed by atoms with Gasteiger partial charge in [-0.05, 0) is 30.4 Å². The minimum atomic E-state index is -0.327. The van der Waals surface area contributed by atoms with E-state index in [0.717, 1.165) is 17.6 Å². The average molecular weight is 240 g/mol. The zero-order chi connectivity index (χ0) is 12.7. The number of hydrogen-bond acceptors (Lipinski definition) is 3. The third kappa shape index (κ3) is 1.90. The first-order valence-corrected chi connectivity index (χ1v) is 6.03. The summed E-state index contributed by atoms with van der Waals surface area (Å²) >= 11 is 0. The molecule has 0 saturated heterocycles. The summed E-state index contributed by atoms with van der Waals surface area (Å²) in [5.74, 6) is 0.319. The summed E-state index contributed by atoms with van der Waals surface area (Å²) in [4.78, 5) is 16.1. The molecule has 0 aromatic carbocycles. The van der Waals surface area contributed by atoms with E-state index in [4.69, 9.17) is 12.6 Å². The number of hydrogen-bond donors (Lipinski definition) is 0. The fraction of sp³-hybridized carbons (Fsp3) is 0.385. The SMILES string of the molecule is [B]c1ccc2cc(C(=O)OC)n(CC3CC3)c2n1. The number of esters is 1. The van der Waals surface area contributed by atoms with E-state index in [2.05, 4.69) is 4.98 Å². The van der Waals surface area contributed by atoms with Crippen molar-refractivity contribution >= 4 is 30.4 Å². The van der Waals surface area contributed by atoms with E-state index in [9.17, 15) is 4.79 Å². The van der Waals surface area contributed by atoms with Crippen molar-refractivity contribution in [3.63, 3.8) is 0 Å². The molecule has 2 aromatic rings. The number of ether oxygens (including phenoxy) is 1. The lowest BCUT2D eigenvalue weighted by Crippen LogP contribution is -2.14. The molecule has 18 heavy (non-hydrogen) atoms. The minimum absolute atomic E-state index is 0.327. The molecule has 2 aromatic heterocycles. The van der Waals surface area contributed by atoms with Crippen LogP contribution >= 0.6 is 0 Å². The summed E-state index contributed by atoms with van der Waals surface area (Å²) in [5.41, 5.74) is 1.79. The molecule has 0 bridgehead atoms. The summed E-state index contributed by atoms with van der Waals surface area (Å²) in [6.45, 7) is 0.810. The summed E-state index contributed by atoms with van der Waals surface area (Å²) in [6.07, 6.45) is 2.42. The molecule has 0 N–H and O–H groups in total. The Labute approximate surface area is 106 Å². The number of rotatable bonds is 3. The Morgan fingerprint density at radius 2 is 2.33 bits per heavy atom. The second kappa shape index (κ2) is 4.16. The predicted octanol–water partition coefficient (Wildman–Crippen LogP) is 1.03. The largest absolute Gasteiger partial charge is 0.464 e. The van der Waals surface area contributed by atoms with Crippen LogP contribution in [-0.2, 0) is 11.3 Å². The molecule has 5 heteroatoms. The molecule has 1 aliphatic rings. The van der Waals surface area contributed by atoms with Crippen molar-refractivity contribution in [2.45, 2.75) is 19.4 Å². The lowest BCUT2D eigenvalue weighted by Gasteiger charge is -2.08. The number of methoxy groups -OCH3 is 1. The molecule has 2 heterocycles. The van der Waals surface area contributed by atoms with Crippen LogP contribution in [0, 0.1) is 5.92 Å². The van der Waals surface area contributed by atoms with Crippen molar-refractivity contribution in [1.29, 1.82) is 0 Å². The third-order valence-electron chi connectivity index (χ3n) is 3.30. The maximum Gasteiger partial charge on any atom is 0.354 e. The van der Waals surface area contributed by atoms with Gasteiger partial charge in [0.2, 0.25) is 0 Å². The third-order valence-corrected chi connectivity index (χ3v) is 3.30. The minimum Gasteiger partial charge on any atom is -0.464 e. The molecule has 4 nitrogen and oxygen atoms in total. The Hall–Kier alpha value is -1.78. The highest BCUT2D eigenvalue weighted by Crippen LogP contribution is 2.32. The Morgan fingerprint density at radius 1 is 1.56 bits per heavy atom. The second-order valence-corrected chi connectivity index (χ2v) is 4.72.